The molecule has 0 spiro atoms. The Labute approximate surface area is 111 Å². The molecule has 1 aliphatic carbocycles. The summed E-state index contributed by atoms with van der Waals surface area (Å²) in [5.74, 6) is -0.730. The van der Waals surface area contributed by atoms with E-state index in [-0.39, 0.29) is 5.78 Å². The van der Waals surface area contributed by atoms with Crippen LogP contribution in [0.3, 0.4) is 0 Å². The summed E-state index contributed by atoms with van der Waals surface area (Å²) >= 11 is 0. The highest BCUT2D eigenvalue weighted by Crippen LogP contribution is 2.38. The molecule has 1 aromatic carbocycles. The van der Waals surface area contributed by atoms with Crippen LogP contribution in [0.2, 0.25) is 0 Å². The van der Waals surface area contributed by atoms with Gasteiger partial charge in [-0.1, -0.05) is 0 Å². The monoisotopic (exact) mass is 264 g/mol. The number of carbonyl (C=O) groups is 2. The van der Waals surface area contributed by atoms with E-state index in [0.29, 0.717) is 41.9 Å². The van der Waals surface area contributed by atoms with Crippen LogP contribution in [0.1, 0.15) is 41.1 Å². The average Bonchev–Trinajstić information content (AvgIpc) is 2.56. The van der Waals surface area contributed by atoms with Gasteiger partial charge in [0.1, 0.15) is 0 Å². The van der Waals surface area contributed by atoms with Gasteiger partial charge in [-0.2, -0.15) is 0 Å². The number of ketones is 1. The van der Waals surface area contributed by atoms with Crippen molar-refractivity contribution in [2.45, 2.75) is 25.2 Å². The number of aliphatic carboxylic acids is 1. The minimum Gasteiger partial charge on any atom is -0.493 e. The molecule has 5 heteroatoms. The molecular weight excluding hydrogens is 248 g/mol. The Kier molecular flexibility index (Phi) is 3.74. The average molecular weight is 264 g/mol. The van der Waals surface area contributed by atoms with E-state index in [2.05, 4.69) is 0 Å². The smallest absolute Gasteiger partial charge is 0.310 e. The van der Waals surface area contributed by atoms with Gasteiger partial charge in [0, 0.05) is 12.0 Å². The summed E-state index contributed by atoms with van der Waals surface area (Å²) in [6, 6.07) is 3.19. The Balaban J connectivity index is 2.63. The van der Waals surface area contributed by atoms with Gasteiger partial charge in [-0.05, 0) is 30.5 Å². The zero-order valence-electron chi connectivity index (χ0n) is 10.9. The highest BCUT2D eigenvalue weighted by atomic mass is 16.5. The van der Waals surface area contributed by atoms with E-state index in [4.69, 9.17) is 9.47 Å². The Hall–Kier alpha value is -2.04. The summed E-state index contributed by atoms with van der Waals surface area (Å²) in [5, 5.41) is 9.30. The largest absolute Gasteiger partial charge is 0.493 e. The van der Waals surface area contributed by atoms with E-state index < -0.39 is 11.9 Å². The number of benzene rings is 1. The lowest BCUT2D eigenvalue weighted by Gasteiger charge is -2.16. The van der Waals surface area contributed by atoms with Gasteiger partial charge in [-0.15, -0.1) is 0 Å². The van der Waals surface area contributed by atoms with E-state index >= 15 is 0 Å². The van der Waals surface area contributed by atoms with Crippen molar-refractivity contribution < 1.29 is 24.2 Å². The van der Waals surface area contributed by atoms with Gasteiger partial charge in [0.15, 0.2) is 17.3 Å². The minimum atomic E-state index is -0.914. The van der Waals surface area contributed by atoms with Crippen molar-refractivity contribution in [2.24, 2.45) is 0 Å². The highest BCUT2D eigenvalue weighted by Gasteiger charge is 2.30. The Morgan fingerprint density at radius 1 is 1.26 bits per heavy atom. The van der Waals surface area contributed by atoms with Crippen molar-refractivity contribution in [1.29, 1.82) is 0 Å². The maximum atomic E-state index is 12.1. The SMILES string of the molecule is COc1cc2c(cc1OC)[C@@H](C(=O)O)CCCC2=O. The molecule has 0 aliphatic heterocycles. The zero-order valence-corrected chi connectivity index (χ0v) is 10.9. The maximum absolute atomic E-state index is 12.1. The predicted molar refractivity (Wildman–Crippen MR) is 68.1 cm³/mol. The second-order valence-electron chi connectivity index (χ2n) is 4.50. The summed E-state index contributed by atoms with van der Waals surface area (Å²) in [6.45, 7) is 0. The molecule has 102 valence electrons. The number of carboxylic acids is 1. The van der Waals surface area contributed by atoms with Crippen molar-refractivity contribution >= 4 is 11.8 Å². The van der Waals surface area contributed by atoms with Crippen LogP contribution >= 0.6 is 0 Å². The highest BCUT2D eigenvalue weighted by molar-refractivity contribution is 6.00. The molecule has 0 bridgehead atoms. The number of carbonyl (C=O) groups excluding carboxylic acids is 1. The molecule has 0 aromatic heterocycles. The van der Waals surface area contributed by atoms with Crippen molar-refractivity contribution in [3.05, 3.63) is 23.3 Å². The Morgan fingerprint density at radius 3 is 2.47 bits per heavy atom. The summed E-state index contributed by atoms with van der Waals surface area (Å²) in [5.41, 5.74) is 0.954. The van der Waals surface area contributed by atoms with Gasteiger partial charge in [-0.25, -0.2) is 0 Å². The quantitative estimate of drug-likeness (QED) is 0.847. The molecule has 0 radical (unpaired) electrons. The maximum Gasteiger partial charge on any atom is 0.310 e. The number of rotatable bonds is 3. The number of carboxylic acid groups (broad SMARTS) is 1. The minimum absolute atomic E-state index is 0.0419. The molecule has 1 aliphatic rings. The molecule has 2 rings (SSSR count). The lowest BCUT2D eigenvalue weighted by atomic mass is 9.92. The molecular formula is C14H16O5. The first-order chi connectivity index (χ1) is 9.08. The number of hydrogen-bond donors (Lipinski definition) is 1. The fourth-order valence-corrected chi connectivity index (χ4v) is 2.44. The first kappa shape index (κ1) is 13.4. The van der Waals surface area contributed by atoms with Crippen LogP contribution in [0, 0.1) is 0 Å². The van der Waals surface area contributed by atoms with Crippen LogP contribution in [0.25, 0.3) is 0 Å². The van der Waals surface area contributed by atoms with Gasteiger partial charge < -0.3 is 14.6 Å². The first-order valence-corrected chi connectivity index (χ1v) is 6.10. The number of ether oxygens (including phenoxy) is 2. The fraction of sp³-hybridized carbons (Fsp3) is 0.429. The molecule has 1 aromatic rings. The molecule has 0 unspecified atom stereocenters. The van der Waals surface area contributed by atoms with E-state index in [1.807, 2.05) is 0 Å². The third-order valence-corrected chi connectivity index (χ3v) is 3.43. The van der Waals surface area contributed by atoms with Gasteiger partial charge >= 0.3 is 5.97 Å². The van der Waals surface area contributed by atoms with Crippen molar-refractivity contribution in [1.82, 2.24) is 0 Å². The molecule has 0 saturated carbocycles. The molecule has 1 atom stereocenters. The van der Waals surface area contributed by atoms with Crippen LogP contribution < -0.4 is 9.47 Å². The zero-order chi connectivity index (χ0) is 14.0. The molecule has 19 heavy (non-hydrogen) atoms. The number of hydrogen-bond acceptors (Lipinski definition) is 4. The number of methoxy groups -OCH3 is 2. The molecule has 0 saturated heterocycles. The van der Waals surface area contributed by atoms with Gasteiger partial charge in [0.25, 0.3) is 0 Å². The van der Waals surface area contributed by atoms with E-state index in [1.54, 1.807) is 12.1 Å². The first-order valence-electron chi connectivity index (χ1n) is 6.10. The molecule has 0 heterocycles. The molecule has 0 fully saturated rings. The third-order valence-electron chi connectivity index (χ3n) is 3.43. The summed E-state index contributed by atoms with van der Waals surface area (Å²) in [4.78, 5) is 23.4. The Bertz CT molecular complexity index is 521. The predicted octanol–water partition coefficient (Wildman–Crippen LogP) is 2.24. The van der Waals surface area contributed by atoms with Crippen molar-refractivity contribution in [3.8, 4) is 11.5 Å². The molecule has 5 nitrogen and oxygen atoms in total. The standard InChI is InChI=1S/C14H16O5/c1-18-12-6-9-8(14(16)17)4-3-5-11(15)10(9)7-13(12)19-2/h6-8H,3-5H2,1-2H3,(H,16,17)/t8-/m0/s1. The van der Waals surface area contributed by atoms with Crippen molar-refractivity contribution in [2.75, 3.05) is 14.2 Å². The van der Waals surface area contributed by atoms with E-state index in [9.17, 15) is 14.7 Å². The second kappa shape index (κ2) is 5.30. The van der Waals surface area contributed by atoms with E-state index in [1.165, 1.54) is 14.2 Å². The van der Waals surface area contributed by atoms with Crippen LogP contribution in [-0.4, -0.2) is 31.1 Å². The summed E-state index contributed by atoms with van der Waals surface area (Å²) in [6.07, 6.45) is 1.41. The van der Waals surface area contributed by atoms with Gasteiger partial charge in [-0.3, -0.25) is 9.59 Å². The van der Waals surface area contributed by atoms with Crippen LogP contribution in [0.15, 0.2) is 12.1 Å². The van der Waals surface area contributed by atoms with Crippen LogP contribution in [-0.2, 0) is 4.79 Å². The number of fused-ring (bicyclic) bond motifs is 1. The normalized spacial score (nSPS) is 18.4. The number of Topliss-reactive ketones (excluding diaryl/α,β-unsaturated/α-hetero) is 1. The van der Waals surface area contributed by atoms with Gasteiger partial charge in [0.05, 0.1) is 20.1 Å². The second-order valence-corrected chi connectivity index (χ2v) is 4.50. The third kappa shape index (κ3) is 2.41. The lowest BCUT2D eigenvalue weighted by molar-refractivity contribution is -0.139. The molecule has 0 amide bonds. The van der Waals surface area contributed by atoms with Crippen molar-refractivity contribution in [3.63, 3.8) is 0 Å². The fourth-order valence-electron chi connectivity index (χ4n) is 2.44. The van der Waals surface area contributed by atoms with Gasteiger partial charge in [0.2, 0.25) is 0 Å². The topological polar surface area (TPSA) is 72.8 Å². The lowest BCUT2D eigenvalue weighted by Crippen LogP contribution is -2.13. The summed E-state index contributed by atoms with van der Waals surface area (Å²) < 4.78 is 10.3. The van der Waals surface area contributed by atoms with Crippen LogP contribution in [0.4, 0.5) is 0 Å². The molecule has 1 N–H and O–H groups in total. The van der Waals surface area contributed by atoms with Crippen LogP contribution in [0.5, 0.6) is 11.5 Å². The Morgan fingerprint density at radius 2 is 1.89 bits per heavy atom. The van der Waals surface area contributed by atoms with E-state index in [0.717, 1.165) is 0 Å². The summed E-state index contributed by atoms with van der Waals surface area (Å²) in [7, 11) is 2.97.